The van der Waals surface area contributed by atoms with Crippen molar-refractivity contribution in [2.45, 2.75) is 58.0 Å². The summed E-state index contributed by atoms with van der Waals surface area (Å²) >= 11 is 0. The van der Waals surface area contributed by atoms with Gasteiger partial charge in [0.05, 0.1) is 35.8 Å². The Balaban J connectivity index is 1.77. The maximum atomic E-state index is 13.4. The second-order valence-electron chi connectivity index (χ2n) is 9.02. The Morgan fingerprint density at radius 1 is 1.26 bits per heavy atom. The second-order valence-corrected chi connectivity index (χ2v) is 9.02. The van der Waals surface area contributed by atoms with E-state index >= 15 is 0 Å². The van der Waals surface area contributed by atoms with Crippen molar-refractivity contribution in [3.05, 3.63) is 68.3 Å². The minimum Gasteiger partial charge on any atom is -0.493 e. The Labute approximate surface area is 219 Å². The van der Waals surface area contributed by atoms with E-state index in [1.54, 1.807) is 25.1 Å². The Hall–Kier alpha value is -4.28. The lowest BCUT2D eigenvalue weighted by molar-refractivity contribution is -0.386. The molecule has 1 heterocycles. The van der Waals surface area contributed by atoms with Gasteiger partial charge in [-0.2, -0.15) is 9.78 Å². The summed E-state index contributed by atoms with van der Waals surface area (Å²) in [4.78, 5) is 41.5. The summed E-state index contributed by atoms with van der Waals surface area (Å²) in [6, 6.07) is 9.85. The van der Waals surface area contributed by atoms with E-state index in [2.05, 4.69) is 5.10 Å². The summed E-state index contributed by atoms with van der Waals surface area (Å²) in [6.07, 6.45) is 5.32. The first-order chi connectivity index (χ1) is 18.3. The van der Waals surface area contributed by atoms with Crippen LogP contribution in [0, 0.1) is 10.1 Å². The third-order valence-corrected chi connectivity index (χ3v) is 6.46. The standard InChI is InChI=1S/C27H30N4O7/c1-4-37-27(33)17(2)38-24-22(31(34)35)14-18(15-23(24)36-3)16-28-30-25(19-10-6-5-7-11-19)29-21-13-9-8-12-20(21)26(30)32/h8-9,12-17,19H,4-7,10-11H2,1-3H3/t17-/m1/s1. The van der Waals surface area contributed by atoms with E-state index in [9.17, 15) is 19.7 Å². The van der Waals surface area contributed by atoms with Crippen LogP contribution >= 0.6 is 0 Å². The van der Waals surface area contributed by atoms with Gasteiger partial charge in [-0.1, -0.05) is 31.4 Å². The minimum absolute atomic E-state index is 0.0354. The van der Waals surface area contributed by atoms with Gasteiger partial charge in [-0.05, 0) is 44.9 Å². The normalized spacial score (nSPS) is 14.9. The largest absolute Gasteiger partial charge is 0.493 e. The zero-order valence-electron chi connectivity index (χ0n) is 21.6. The number of fused-ring (bicyclic) bond motifs is 1. The van der Waals surface area contributed by atoms with Gasteiger partial charge in [0, 0.05) is 17.5 Å². The molecule has 1 aliphatic rings. The van der Waals surface area contributed by atoms with Crippen molar-refractivity contribution in [2.75, 3.05) is 13.7 Å². The van der Waals surface area contributed by atoms with Gasteiger partial charge >= 0.3 is 11.7 Å². The van der Waals surface area contributed by atoms with Crippen molar-refractivity contribution in [3.63, 3.8) is 0 Å². The van der Waals surface area contributed by atoms with Crippen LogP contribution in [0.25, 0.3) is 10.9 Å². The van der Waals surface area contributed by atoms with Crippen LogP contribution in [0.4, 0.5) is 5.69 Å². The molecule has 0 amide bonds. The van der Waals surface area contributed by atoms with Crippen LogP contribution in [0.1, 0.15) is 63.3 Å². The van der Waals surface area contributed by atoms with Gasteiger partial charge in [-0.3, -0.25) is 14.9 Å². The number of nitro benzene ring substituents is 1. The maximum Gasteiger partial charge on any atom is 0.347 e. The van der Waals surface area contributed by atoms with Gasteiger partial charge in [0.15, 0.2) is 11.9 Å². The van der Waals surface area contributed by atoms with Gasteiger partial charge in [-0.25, -0.2) is 9.78 Å². The molecule has 4 rings (SSSR count). The third kappa shape index (κ3) is 5.66. The second kappa shape index (κ2) is 11.8. The molecular formula is C27H30N4O7. The average Bonchev–Trinajstić information content (AvgIpc) is 2.93. The van der Waals surface area contributed by atoms with E-state index in [1.807, 2.05) is 6.07 Å². The lowest BCUT2D eigenvalue weighted by Gasteiger charge is -2.22. The average molecular weight is 523 g/mol. The number of hydrogen-bond acceptors (Lipinski definition) is 9. The number of aromatic nitrogens is 2. The monoisotopic (exact) mass is 522 g/mol. The summed E-state index contributed by atoms with van der Waals surface area (Å²) in [7, 11) is 1.33. The molecule has 0 aliphatic heterocycles. The van der Waals surface area contributed by atoms with Crippen LogP contribution in [0.15, 0.2) is 46.3 Å². The van der Waals surface area contributed by atoms with Crippen LogP contribution in [0.3, 0.4) is 0 Å². The van der Waals surface area contributed by atoms with Gasteiger partial charge in [0.25, 0.3) is 5.56 Å². The zero-order valence-corrected chi connectivity index (χ0v) is 21.6. The van der Waals surface area contributed by atoms with E-state index in [-0.39, 0.29) is 29.6 Å². The SMILES string of the molecule is CCOC(=O)[C@@H](C)Oc1c(OC)cc(C=Nn2c(C3CCCCC3)nc3ccccc3c2=O)cc1[N+](=O)[O-]. The number of carbonyl (C=O) groups excluding carboxylic acids is 1. The van der Waals surface area contributed by atoms with Gasteiger partial charge in [-0.15, -0.1) is 0 Å². The number of benzene rings is 2. The summed E-state index contributed by atoms with van der Waals surface area (Å²) in [6.45, 7) is 3.23. The number of ether oxygens (including phenoxy) is 3. The molecule has 1 aliphatic carbocycles. The van der Waals surface area contributed by atoms with E-state index < -0.39 is 22.7 Å². The molecule has 1 atom stereocenters. The number of esters is 1. The molecule has 11 nitrogen and oxygen atoms in total. The molecule has 0 N–H and O–H groups in total. The van der Waals surface area contributed by atoms with Crippen molar-refractivity contribution in [2.24, 2.45) is 5.10 Å². The molecule has 0 bridgehead atoms. The van der Waals surface area contributed by atoms with E-state index in [0.717, 1.165) is 32.1 Å². The highest BCUT2D eigenvalue weighted by Crippen LogP contribution is 2.39. The molecule has 3 aromatic rings. The first-order valence-corrected chi connectivity index (χ1v) is 12.6. The molecule has 38 heavy (non-hydrogen) atoms. The quantitative estimate of drug-likeness (QED) is 0.173. The fourth-order valence-corrected chi connectivity index (χ4v) is 4.57. The highest BCUT2D eigenvalue weighted by molar-refractivity contribution is 5.84. The first-order valence-electron chi connectivity index (χ1n) is 12.6. The number of nitro groups is 1. The topological polar surface area (TPSA) is 135 Å². The lowest BCUT2D eigenvalue weighted by Crippen LogP contribution is -2.26. The molecule has 1 saturated carbocycles. The van der Waals surface area contributed by atoms with Crippen molar-refractivity contribution < 1.29 is 23.9 Å². The molecule has 0 radical (unpaired) electrons. The summed E-state index contributed by atoms with van der Waals surface area (Å²) in [5, 5.41) is 16.8. The number of hydrogen-bond donors (Lipinski definition) is 0. The molecule has 200 valence electrons. The van der Waals surface area contributed by atoms with Gasteiger partial charge in [0.2, 0.25) is 5.75 Å². The first kappa shape index (κ1) is 26.8. The van der Waals surface area contributed by atoms with Crippen LogP contribution in [-0.4, -0.2) is 46.6 Å². The number of methoxy groups -OCH3 is 1. The van der Waals surface area contributed by atoms with Gasteiger partial charge < -0.3 is 14.2 Å². The molecule has 1 aromatic heterocycles. The predicted molar refractivity (Wildman–Crippen MR) is 141 cm³/mol. The Morgan fingerprint density at radius 3 is 2.68 bits per heavy atom. The number of nitrogens with zero attached hydrogens (tertiary/aromatic N) is 4. The Morgan fingerprint density at radius 2 is 2.00 bits per heavy atom. The highest BCUT2D eigenvalue weighted by atomic mass is 16.6. The smallest absolute Gasteiger partial charge is 0.347 e. The zero-order chi connectivity index (χ0) is 27.2. The van der Waals surface area contributed by atoms with Crippen molar-refractivity contribution in [1.82, 2.24) is 9.66 Å². The third-order valence-electron chi connectivity index (χ3n) is 6.46. The lowest BCUT2D eigenvalue weighted by atomic mass is 9.88. The number of para-hydroxylation sites is 1. The molecule has 0 spiro atoms. The van der Waals surface area contributed by atoms with Crippen molar-refractivity contribution >= 4 is 28.8 Å². The van der Waals surface area contributed by atoms with Crippen molar-refractivity contribution in [1.29, 1.82) is 0 Å². The summed E-state index contributed by atoms with van der Waals surface area (Å²) in [5.41, 5.74) is 0.189. The molecule has 1 fully saturated rings. The maximum absolute atomic E-state index is 13.4. The Bertz CT molecular complexity index is 1430. The summed E-state index contributed by atoms with van der Waals surface area (Å²) < 4.78 is 17.1. The van der Waals surface area contributed by atoms with Crippen LogP contribution in [-0.2, 0) is 9.53 Å². The molecule has 0 unspecified atom stereocenters. The fraction of sp³-hybridized carbons (Fsp3) is 0.407. The van der Waals surface area contributed by atoms with E-state index in [4.69, 9.17) is 19.2 Å². The van der Waals surface area contributed by atoms with E-state index in [0.29, 0.717) is 22.3 Å². The molecule has 0 saturated heterocycles. The molecule has 2 aromatic carbocycles. The molecular weight excluding hydrogens is 492 g/mol. The van der Waals surface area contributed by atoms with Crippen LogP contribution in [0.2, 0.25) is 0 Å². The van der Waals surface area contributed by atoms with Crippen LogP contribution < -0.4 is 15.0 Å². The fourth-order valence-electron chi connectivity index (χ4n) is 4.57. The summed E-state index contributed by atoms with van der Waals surface area (Å²) in [5.74, 6) is -0.166. The van der Waals surface area contributed by atoms with Gasteiger partial charge in [0.1, 0.15) is 5.82 Å². The van der Waals surface area contributed by atoms with E-state index in [1.165, 1.54) is 37.1 Å². The predicted octanol–water partition coefficient (Wildman–Crippen LogP) is 4.57. The Kier molecular flexibility index (Phi) is 8.35. The van der Waals surface area contributed by atoms with Crippen LogP contribution in [0.5, 0.6) is 11.5 Å². The van der Waals surface area contributed by atoms with Crippen molar-refractivity contribution in [3.8, 4) is 11.5 Å². The molecule has 11 heteroatoms. The highest BCUT2D eigenvalue weighted by Gasteiger charge is 2.27. The number of carbonyl (C=O) groups is 1. The minimum atomic E-state index is -1.10. The number of rotatable bonds is 9.